The molecule has 0 unspecified atom stereocenters. The summed E-state index contributed by atoms with van der Waals surface area (Å²) in [5.41, 5.74) is 3.09. The van der Waals surface area contributed by atoms with Crippen molar-refractivity contribution in [2.24, 2.45) is 0 Å². The van der Waals surface area contributed by atoms with E-state index in [1.165, 1.54) is 5.56 Å². The highest BCUT2D eigenvalue weighted by molar-refractivity contribution is 5.78. The Bertz CT molecular complexity index is 816. The monoisotopic (exact) mass is 370 g/mol. The molecule has 7 heteroatoms. The van der Waals surface area contributed by atoms with Crippen LogP contribution in [0, 0.1) is 13.8 Å². The molecule has 2 aromatic rings. The maximum atomic E-state index is 11.4. The lowest BCUT2D eigenvalue weighted by Crippen LogP contribution is -2.32. The van der Waals surface area contributed by atoms with Gasteiger partial charge in [0.15, 0.2) is 5.82 Å². The minimum Gasteiger partial charge on any atom is -0.507 e. The minimum absolute atomic E-state index is 0.0489. The van der Waals surface area contributed by atoms with Gasteiger partial charge in [-0.3, -0.25) is 9.69 Å². The zero-order chi connectivity index (χ0) is 19.0. The Morgan fingerprint density at radius 3 is 2.56 bits per heavy atom. The van der Waals surface area contributed by atoms with Gasteiger partial charge < -0.3 is 14.9 Å². The molecule has 27 heavy (non-hydrogen) atoms. The van der Waals surface area contributed by atoms with Crippen LogP contribution in [-0.4, -0.2) is 39.1 Å². The Morgan fingerprint density at radius 1 is 1.22 bits per heavy atom. The van der Waals surface area contributed by atoms with Crippen LogP contribution in [0.25, 0.3) is 0 Å². The summed E-state index contributed by atoms with van der Waals surface area (Å²) in [5, 5.41) is 17.0. The Balaban J connectivity index is 1.34. The molecule has 1 aromatic heterocycles. The first kappa shape index (κ1) is 18.0. The van der Waals surface area contributed by atoms with Gasteiger partial charge in [0.2, 0.25) is 11.8 Å². The number of amides is 1. The summed E-state index contributed by atoms with van der Waals surface area (Å²) in [6.07, 6.45) is 3.24. The highest BCUT2D eigenvalue weighted by Gasteiger charge is 2.30. The van der Waals surface area contributed by atoms with Crippen molar-refractivity contribution in [1.29, 1.82) is 0 Å². The van der Waals surface area contributed by atoms with Gasteiger partial charge in [-0.2, -0.15) is 4.98 Å². The smallest absolute Gasteiger partial charge is 0.249 e. The molecular weight excluding hydrogens is 344 g/mol. The van der Waals surface area contributed by atoms with Crippen LogP contribution in [0.2, 0.25) is 0 Å². The third kappa shape index (κ3) is 3.83. The average Bonchev–Trinajstić information content (AvgIpc) is 3.29. The molecule has 0 spiro atoms. The van der Waals surface area contributed by atoms with Crippen molar-refractivity contribution in [3.8, 4) is 5.75 Å². The summed E-state index contributed by atoms with van der Waals surface area (Å²) in [6, 6.07) is 4.01. The predicted molar refractivity (Wildman–Crippen MR) is 99.2 cm³/mol. The number of phenolic OH excluding ortho intramolecular Hbond substituents is 1. The second-order valence-corrected chi connectivity index (χ2v) is 7.78. The third-order valence-electron chi connectivity index (χ3n) is 5.66. The lowest BCUT2D eigenvalue weighted by Gasteiger charge is -2.30. The number of hydrogen-bond donors (Lipinski definition) is 2. The molecule has 7 nitrogen and oxygen atoms in total. The molecule has 3 heterocycles. The molecule has 144 valence electrons. The van der Waals surface area contributed by atoms with E-state index in [2.05, 4.69) is 32.5 Å². The van der Waals surface area contributed by atoms with Gasteiger partial charge in [0.25, 0.3) is 0 Å². The molecular formula is C20H26N4O3. The number of nitrogens with zero attached hydrogens (tertiary/aromatic N) is 3. The van der Waals surface area contributed by atoms with Crippen LogP contribution in [0.3, 0.4) is 0 Å². The highest BCUT2D eigenvalue weighted by Crippen LogP contribution is 2.30. The van der Waals surface area contributed by atoms with E-state index >= 15 is 0 Å². The van der Waals surface area contributed by atoms with Crippen LogP contribution < -0.4 is 5.32 Å². The summed E-state index contributed by atoms with van der Waals surface area (Å²) >= 11 is 0. The number of likely N-dealkylation sites (tertiary alicyclic amines) is 1. The van der Waals surface area contributed by atoms with Gasteiger partial charge in [0.1, 0.15) is 11.8 Å². The number of carbonyl (C=O) groups is 1. The van der Waals surface area contributed by atoms with Crippen LogP contribution >= 0.6 is 0 Å². The molecule has 0 radical (unpaired) electrons. The van der Waals surface area contributed by atoms with Crippen molar-refractivity contribution in [2.75, 3.05) is 13.1 Å². The Kier molecular flexibility index (Phi) is 4.86. The minimum atomic E-state index is -0.125. The molecule has 4 rings (SSSR count). The van der Waals surface area contributed by atoms with E-state index in [0.29, 0.717) is 24.0 Å². The molecule has 2 fully saturated rings. The number of rotatable bonds is 4. The second kappa shape index (κ2) is 7.31. The first-order valence-electron chi connectivity index (χ1n) is 9.64. The van der Waals surface area contributed by atoms with Gasteiger partial charge in [-0.05, 0) is 62.9 Å². The molecule has 1 amide bonds. The topological polar surface area (TPSA) is 91.5 Å². The first-order chi connectivity index (χ1) is 13.0. The average molecular weight is 370 g/mol. The quantitative estimate of drug-likeness (QED) is 0.860. The number of aromatic nitrogens is 2. The first-order valence-corrected chi connectivity index (χ1v) is 9.64. The van der Waals surface area contributed by atoms with Crippen molar-refractivity contribution in [1.82, 2.24) is 20.4 Å². The van der Waals surface area contributed by atoms with Crippen molar-refractivity contribution in [3.63, 3.8) is 0 Å². The van der Waals surface area contributed by atoms with E-state index in [0.717, 1.165) is 55.8 Å². The van der Waals surface area contributed by atoms with Crippen molar-refractivity contribution >= 4 is 5.91 Å². The fourth-order valence-electron chi connectivity index (χ4n) is 4.10. The normalized spacial score (nSPS) is 21.6. The highest BCUT2D eigenvalue weighted by atomic mass is 16.5. The predicted octanol–water partition coefficient (Wildman–Crippen LogP) is 2.72. The molecule has 1 aromatic carbocycles. The number of phenols is 1. The van der Waals surface area contributed by atoms with Crippen molar-refractivity contribution in [2.45, 2.75) is 58.0 Å². The largest absolute Gasteiger partial charge is 0.507 e. The molecule has 0 saturated carbocycles. The second-order valence-electron chi connectivity index (χ2n) is 7.78. The summed E-state index contributed by atoms with van der Waals surface area (Å²) in [4.78, 5) is 18.3. The molecule has 2 aliphatic heterocycles. The van der Waals surface area contributed by atoms with Crippen LogP contribution in [0.5, 0.6) is 5.75 Å². The maximum Gasteiger partial charge on any atom is 0.249 e. The Morgan fingerprint density at radius 2 is 1.93 bits per heavy atom. The van der Waals surface area contributed by atoms with E-state index < -0.39 is 0 Å². The zero-order valence-electron chi connectivity index (χ0n) is 15.9. The van der Waals surface area contributed by atoms with E-state index in [1.807, 2.05) is 13.8 Å². The van der Waals surface area contributed by atoms with Gasteiger partial charge in [-0.25, -0.2) is 0 Å². The third-order valence-corrected chi connectivity index (χ3v) is 5.66. The molecule has 0 aliphatic carbocycles. The van der Waals surface area contributed by atoms with E-state index in [4.69, 9.17) is 4.52 Å². The fraction of sp³-hybridized carbons (Fsp3) is 0.550. The van der Waals surface area contributed by atoms with Crippen LogP contribution in [-0.2, 0) is 11.3 Å². The lowest BCUT2D eigenvalue weighted by atomic mass is 9.95. The molecule has 2 saturated heterocycles. The number of hydrogen-bond acceptors (Lipinski definition) is 6. The van der Waals surface area contributed by atoms with Crippen LogP contribution in [0.1, 0.15) is 66.0 Å². The van der Waals surface area contributed by atoms with Gasteiger partial charge in [-0.15, -0.1) is 0 Å². The zero-order valence-corrected chi connectivity index (χ0v) is 15.9. The van der Waals surface area contributed by atoms with Crippen molar-refractivity contribution in [3.05, 3.63) is 40.5 Å². The molecule has 0 bridgehead atoms. The number of piperidine rings is 1. The Hall–Kier alpha value is -2.41. The molecule has 2 N–H and O–H groups in total. The van der Waals surface area contributed by atoms with Crippen LogP contribution in [0.15, 0.2) is 16.7 Å². The van der Waals surface area contributed by atoms with Gasteiger partial charge in [-0.1, -0.05) is 17.3 Å². The number of nitrogens with one attached hydrogen (secondary N) is 1. The number of benzene rings is 1. The number of carbonyl (C=O) groups excluding carboxylic acids is 1. The summed E-state index contributed by atoms with van der Waals surface area (Å²) in [5.74, 6) is 2.05. The maximum absolute atomic E-state index is 11.4. The molecule has 1 atom stereocenters. The molecule has 2 aliphatic rings. The van der Waals surface area contributed by atoms with E-state index in [1.54, 1.807) is 0 Å². The van der Waals surface area contributed by atoms with E-state index in [-0.39, 0.29) is 11.9 Å². The van der Waals surface area contributed by atoms with Gasteiger partial charge in [0, 0.05) is 18.9 Å². The lowest BCUT2D eigenvalue weighted by molar-refractivity contribution is -0.119. The summed E-state index contributed by atoms with van der Waals surface area (Å²) in [6.45, 7) is 6.74. The number of aryl methyl sites for hydroxylation is 2. The van der Waals surface area contributed by atoms with E-state index in [9.17, 15) is 9.90 Å². The Labute approximate surface area is 158 Å². The van der Waals surface area contributed by atoms with Gasteiger partial charge in [0.05, 0.1) is 0 Å². The SMILES string of the molecule is Cc1cc(CN2CCC(c3noc([C@@H]4CCC(=O)N4)n3)CC2)cc(C)c1O. The summed E-state index contributed by atoms with van der Waals surface area (Å²) < 4.78 is 5.40. The fourth-order valence-corrected chi connectivity index (χ4v) is 4.10. The number of aromatic hydroxyl groups is 1. The standard InChI is InChI=1S/C20H26N4O3/c1-12-9-14(10-13(2)18(12)26)11-24-7-5-15(6-8-24)19-22-20(27-23-19)16-3-4-17(25)21-16/h9-10,15-16,26H,3-8,11H2,1-2H3,(H,21,25)/t16-/m0/s1. The van der Waals surface area contributed by atoms with Gasteiger partial charge >= 0.3 is 0 Å². The van der Waals surface area contributed by atoms with Crippen LogP contribution in [0.4, 0.5) is 0 Å². The van der Waals surface area contributed by atoms with Crippen molar-refractivity contribution < 1.29 is 14.4 Å². The summed E-state index contributed by atoms with van der Waals surface area (Å²) in [7, 11) is 0.